The summed E-state index contributed by atoms with van der Waals surface area (Å²) >= 11 is 0. The SMILES string of the molecule is Oc1ccc(-c2nc(CN(Cc3cccnc3)Cc3cccnc3)co2)cc1. The normalized spacial score (nSPS) is 11.0. The van der Waals surface area contributed by atoms with Crippen molar-refractivity contribution in [1.29, 1.82) is 0 Å². The van der Waals surface area contributed by atoms with Crippen LogP contribution in [0.5, 0.6) is 5.75 Å². The van der Waals surface area contributed by atoms with E-state index in [9.17, 15) is 5.11 Å². The van der Waals surface area contributed by atoms with Gasteiger partial charge in [0.05, 0.1) is 5.69 Å². The molecule has 0 fully saturated rings. The zero-order valence-corrected chi connectivity index (χ0v) is 15.3. The van der Waals surface area contributed by atoms with Crippen molar-refractivity contribution in [2.24, 2.45) is 0 Å². The highest BCUT2D eigenvalue weighted by Crippen LogP contribution is 2.22. The lowest BCUT2D eigenvalue weighted by atomic mass is 10.2. The van der Waals surface area contributed by atoms with Gasteiger partial charge in [-0.1, -0.05) is 12.1 Å². The monoisotopic (exact) mass is 372 g/mol. The number of aromatic hydroxyl groups is 1. The van der Waals surface area contributed by atoms with Gasteiger partial charge in [-0.2, -0.15) is 0 Å². The highest BCUT2D eigenvalue weighted by atomic mass is 16.3. The van der Waals surface area contributed by atoms with Crippen molar-refractivity contribution in [3.05, 3.63) is 96.4 Å². The Balaban J connectivity index is 1.52. The highest BCUT2D eigenvalue weighted by Gasteiger charge is 2.13. The molecule has 0 amide bonds. The molecule has 4 aromatic rings. The highest BCUT2D eigenvalue weighted by molar-refractivity contribution is 5.54. The first kappa shape index (κ1) is 17.9. The number of hydrogen-bond acceptors (Lipinski definition) is 6. The predicted octanol–water partition coefficient (Wildman–Crippen LogP) is 4.04. The fourth-order valence-electron chi connectivity index (χ4n) is 3.01. The van der Waals surface area contributed by atoms with Crippen molar-refractivity contribution in [2.45, 2.75) is 19.6 Å². The maximum atomic E-state index is 9.44. The van der Waals surface area contributed by atoms with Crippen LogP contribution in [0.2, 0.25) is 0 Å². The lowest BCUT2D eigenvalue weighted by molar-refractivity contribution is 0.244. The number of phenolic OH excluding ortho intramolecular Hbond substituents is 1. The van der Waals surface area contributed by atoms with Crippen molar-refractivity contribution in [3.8, 4) is 17.2 Å². The summed E-state index contributed by atoms with van der Waals surface area (Å²) in [5.41, 5.74) is 3.94. The van der Waals surface area contributed by atoms with Gasteiger partial charge >= 0.3 is 0 Å². The maximum Gasteiger partial charge on any atom is 0.226 e. The maximum absolute atomic E-state index is 9.44. The molecule has 0 aliphatic heterocycles. The molecule has 0 spiro atoms. The van der Waals surface area contributed by atoms with Crippen LogP contribution < -0.4 is 0 Å². The van der Waals surface area contributed by atoms with E-state index in [1.807, 2.05) is 24.5 Å². The van der Waals surface area contributed by atoms with Crippen LogP contribution in [-0.4, -0.2) is 25.0 Å². The van der Waals surface area contributed by atoms with E-state index in [2.05, 4.69) is 32.0 Å². The second-order valence-corrected chi connectivity index (χ2v) is 6.56. The Morgan fingerprint density at radius 1 is 0.821 bits per heavy atom. The molecule has 140 valence electrons. The molecule has 0 saturated carbocycles. The summed E-state index contributed by atoms with van der Waals surface area (Å²) in [6.45, 7) is 2.11. The Labute approximate surface area is 163 Å². The van der Waals surface area contributed by atoms with Crippen LogP contribution in [-0.2, 0) is 19.6 Å². The Hall–Kier alpha value is -3.51. The molecular formula is C22H20N4O2. The van der Waals surface area contributed by atoms with Crippen molar-refractivity contribution < 1.29 is 9.52 Å². The summed E-state index contributed by atoms with van der Waals surface area (Å²) in [6.07, 6.45) is 8.98. The number of pyridine rings is 2. The van der Waals surface area contributed by atoms with Gasteiger partial charge in [-0.15, -0.1) is 0 Å². The molecule has 6 heteroatoms. The molecule has 0 atom stereocenters. The van der Waals surface area contributed by atoms with Gasteiger partial charge in [0, 0.05) is 50.0 Å². The number of aromatic nitrogens is 3. The topological polar surface area (TPSA) is 75.3 Å². The lowest BCUT2D eigenvalue weighted by Crippen LogP contribution is -2.22. The van der Waals surface area contributed by atoms with Crippen LogP contribution in [0.1, 0.15) is 16.8 Å². The van der Waals surface area contributed by atoms with Crippen molar-refractivity contribution in [2.75, 3.05) is 0 Å². The summed E-state index contributed by atoms with van der Waals surface area (Å²) in [5, 5.41) is 9.44. The number of nitrogens with zero attached hydrogens (tertiary/aromatic N) is 4. The fraction of sp³-hybridized carbons (Fsp3) is 0.136. The van der Waals surface area contributed by atoms with E-state index in [1.54, 1.807) is 42.9 Å². The summed E-state index contributed by atoms with van der Waals surface area (Å²) in [4.78, 5) is 15.3. The van der Waals surface area contributed by atoms with Gasteiger partial charge in [0.1, 0.15) is 12.0 Å². The average Bonchev–Trinajstić information content (AvgIpc) is 3.18. The van der Waals surface area contributed by atoms with Crippen molar-refractivity contribution in [1.82, 2.24) is 19.9 Å². The van der Waals surface area contributed by atoms with Gasteiger partial charge in [0.2, 0.25) is 5.89 Å². The van der Waals surface area contributed by atoms with E-state index in [0.29, 0.717) is 12.4 Å². The zero-order chi connectivity index (χ0) is 19.2. The van der Waals surface area contributed by atoms with Crippen LogP contribution in [0, 0.1) is 0 Å². The molecule has 1 aromatic carbocycles. The molecule has 6 nitrogen and oxygen atoms in total. The number of benzene rings is 1. The Morgan fingerprint density at radius 3 is 2.04 bits per heavy atom. The van der Waals surface area contributed by atoms with Crippen LogP contribution in [0.25, 0.3) is 11.5 Å². The second-order valence-electron chi connectivity index (χ2n) is 6.56. The molecule has 0 bridgehead atoms. The zero-order valence-electron chi connectivity index (χ0n) is 15.3. The van der Waals surface area contributed by atoms with Crippen molar-refractivity contribution in [3.63, 3.8) is 0 Å². The van der Waals surface area contributed by atoms with Crippen LogP contribution in [0.4, 0.5) is 0 Å². The minimum absolute atomic E-state index is 0.217. The Kier molecular flexibility index (Phi) is 5.40. The first-order valence-electron chi connectivity index (χ1n) is 9.00. The molecule has 0 saturated heterocycles. The molecule has 0 unspecified atom stereocenters. The van der Waals surface area contributed by atoms with Gasteiger partial charge < -0.3 is 9.52 Å². The van der Waals surface area contributed by atoms with Gasteiger partial charge in [0.25, 0.3) is 0 Å². The molecular weight excluding hydrogens is 352 g/mol. The molecule has 1 N–H and O–H groups in total. The minimum Gasteiger partial charge on any atom is -0.508 e. The average molecular weight is 372 g/mol. The molecule has 4 rings (SSSR count). The van der Waals surface area contributed by atoms with Crippen LogP contribution >= 0.6 is 0 Å². The lowest BCUT2D eigenvalue weighted by Gasteiger charge is -2.21. The fourth-order valence-corrected chi connectivity index (χ4v) is 3.01. The predicted molar refractivity (Wildman–Crippen MR) is 105 cm³/mol. The first-order valence-corrected chi connectivity index (χ1v) is 9.00. The van der Waals surface area contributed by atoms with Crippen LogP contribution in [0.3, 0.4) is 0 Å². The van der Waals surface area contributed by atoms with Gasteiger partial charge in [0.15, 0.2) is 0 Å². The third-order valence-corrected chi connectivity index (χ3v) is 4.31. The minimum atomic E-state index is 0.217. The van der Waals surface area contributed by atoms with Crippen LogP contribution in [0.15, 0.2) is 84.0 Å². The largest absolute Gasteiger partial charge is 0.508 e. The summed E-state index contributed by atoms with van der Waals surface area (Å²) in [7, 11) is 0. The Bertz CT molecular complexity index is 960. The van der Waals surface area contributed by atoms with E-state index in [0.717, 1.165) is 35.5 Å². The first-order chi connectivity index (χ1) is 13.8. The number of rotatable bonds is 7. The molecule has 28 heavy (non-hydrogen) atoms. The second kappa shape index (κ2) is 8.45. The Morgan fingerprint density at radius 2 is 1.46 bits per heavy atom. The molecule has 0 aliphatic rings. The van der Waals surface area contributed by atoms with Gasteiger partial charge in [-0.3, -0.25) is 14.9 Å². The third-order valence-electron chi connectivity index (χ3n) is 4.31. The molecule has 0 aliphatic carbocycles. The summed E-state index contributed by atoms with van der Waals surface area (Å²) in [5.74, 6) is 0.757. The summed E-state index contributed by atoms with van der Waals surface area (Å²) < 4.78 is 5.65. The summed E-state index contributed by atoms with van der Waals surface area (Å²) in [6, 6.07) is 14.8. The van der Waals surface area contributed by atoms with Gasteiger partial charge in [-0.05, 0) is 47.5 Å². The molecule has 0 radical (unpaired) electrons. The van der Waals surface area contributed by atoms with E-state index in [1.165, 1.54) is 0 Å². The molecule has 3 heterocycles. The van der Waals surface area contributed by atoms with E-state index in [-0.39, 0.29) is 5.75 Å². The number of phenols is 1. The quantitative estimate of drug-likeness (QED) is 0.528. The number of hydrogen-bond donors (Lipinski definition) is 1. The van der Waals surface area contributed by atoms with E-state index >= 15 is 0 Å². The molecule has 3 aromatic heterocycles. The smallest absolute Gasteiger partial charge is 0.226 e. The number of oxazole rings is 1. The standard InChI is InChI=1S/C22H20N4O2/c27-21-7-5-19(6-8-21)22-25-20(16-28-22)15-26(13-17-3-1-9-23-11-17)14-18-4-2-10-24-12-18/h1-12,16,27H,13-15H2. The van der Waals surface area contributed by atoms with Crippen molar-refractivity contribution >= 4 is 0 Å². The van der Waals surface area contributed by atoms with E-state index < -0.39 is 0 Å². The van der Waals surface area contributed by atoms with Gasteiger partial charge in [-0.25, -0.2) is 4.98 Å². The van der Waals surface area contributed by atoms with E-state index in [4.69, 9.17) is 4.42 Å². The third kappa shape index (κ3) is 4.61.